The molecule has 1 aromatic rings. The van der Waals surface area contributed by atoms with Gasteiger partial charge < -0.3 is 4.90 Å². The molecule has 0 aliphatic rings. The molecule has 1 aromatic carbocycles. The summed E-state index contributed by atoms with van der Waals surface area (Å²) in [6.45, 7) is 7.90. The van der Waals surface area contributed by atoms with Crippen LogP contribution < -0.4 is 0 Å². The van der Waals surface area contributed by atoms with E-state index in [0.717, 1.165) is 34.0 Å². The highest BCUT2D eigenvalue weighted by Gasteiger charge is 2.18. The highest BCUT2D eigenvalue weighted by molar-refractivity contribution is 9.11. The van der Waals surface area contributed by atoms with Gasteiger partial charge in [0.05, 0.1) is 5.56 Å². The van der Waals surface area contributed by atoms with Crippen LogP contribution in [0.4, 0.5) is 0 Å². The van der Waals surface area contributed by atoms with Crippen molar-refractivity contribution in [1.82, 2.24) is 4.90 Å². The van der Waals surface area contributed by atoms with Crippen LogP contribution in [-0.2, 0) is 0 Å². The van der Waals surface area contributed by atoms with E-state index in [1.165, 1.54) is 0 Å². The number of rotatable bonds is 5. The first-order chi connectivity index (χ1) is 8.49. The van der Waals surface area contributed by atoms with Gasteiger partial charge >= 0.3 is 0 Å². The molecule has 0 bridgehead atoms. The van der Waals surface area contributed by atoms with Crippen molar-refractivity contribution in [3.05, 3.63) is 32.7 Å². The van der Waals surface area contributed by atoms with Gasteiger partial charge in [0.25, 0.3) is 5.91 Å². The Bertz CT molecular complexity index is 420. The lowest BCUT2D eigenvalue weighted by Crippen LogP contribution is -2.34. The Morgan fingerprint density at radius 1 is 1.33 bits per heavy atom. The summed E-state index contributed by atoms with van der Waals surface area (Å²) in [4.78, 5) is 14.3. The van der Waals surface area contributed by atoms with E-state index in [9.17, 15) is 4.79 Å². The lowest BCUT2D eigenvalue weighted by Gasteiger charge is -2.24. The van der Waals surface area contributed by atoms with Crippen molar-refractivity contribution in [2.75, 3.05) is 13.1 Å². The molecule has 0 saturated carbocycles. The van der Waals surface area contributed by atoms with Crippen LogP contribution in [0.15, 0.2) is 27.1 Å². The quantitative estimate of drug-likeness (QED) is 0.727. The van der Waals surface area contributed by atoms with Crippen LogP contribution in [0.2, 0.25) is 0 Å². The predicted molar refractivity (Wildman–Crippen MR) is 82.9 cm³/mol. The summed E-state index contributed by atoms with van der Waals surface area (Å²) in [5.74, 6) is 0.625. The molecular formula is C14H19Br2NO. The fraction of sp³-hybridized carbons (Fsp3) is 0.500. The summed E-state index contributed by atoms with van der Waals surface area (Å²) in [5.41, 5.74) is 0.725. The van der Waals surface area contributed by atoms with Crippen LogP contribution in [0.3, 0.4) is 0 Å². The Kier molecular flexibility index (Phi) is 6.36. The highest BCUT2D eigenvalue weighted by Crippen LogP contribution is 2.23. The molecule has 2 nitrogen and oxygen atoms in total. The Balaban J connectivity index is 2.89. The van der Waals surface area contributed by atoms with E-state index in [1.54, 1.807) is 0 Å². The average Bonchev–Trinajstić information content (AvgIpc) is 2.34. The molecule has 1 rings (SSSR count). The van der Waals surface area contributed by atoms with Gasteiger partial charge in [0.2, 0.25) is 0 Å². The maximum atomic E-state index is 12.4. The van der Waals surface area contributed by atoms with Crippen molar-refractivity contribution in [1.29, 1.82) is 0 Å². The minimum atomic E-state index is 0.0946. The molecule has 0 heterocycles. The standard InChI is InChI=1S/C14H19Br2NO/c1-4-10(3)9-17(5-2)14(18)12-7-6-11(15)8-13(12)16/h6-8,10H,4-5,9H2,1-3H3. The molecule has 0 spiro atoms. The number of carbonyl (C=O) groups excluding carboxylic acids is 1. The second-order valence-electron chi connectivity index (χ2n) is 4.48. The molecule has 1 unspecified atom stereocenters. The zero-order valence-corrected chi connectivity index (χ0v) is 14.2. The number of halogens is 2. The summed E-state index contributed by atoms with van der Waals surface area (Å²) >= 11 is 6.85. The third-order valence-electron chi connectivity index (χ3n) is 3.06. The summed E-state index contributed by atoms with van der Waals surface area (Å²) in [6.07, 6.45) is 1.09. The third kappa shape index (κ3) is 4.09. The SMILES string of the molecule is CCC(C)CN(CC)C(=O)c1ccc(Br)cc1Br. The zero-order valence-electron chi connectivity index (χ0n) is 11.0. The zero-order chi connectivity index (χ0) is 13.7. The van der Waals surface area contributed by atoms with Gasteiger partial charge in [-0.05, 0) is 47.0 Å². The Hall–Kier alpha value is -0.350. The number of amides is 1. The van der Waals surface area contributed by atoms with Crippen molar-refractivity contribution < 1.29 is 4.79 Å². The molecule has 1 atom stereocenters. The van der Waals surface area contributed by atoms with Gasteiger partial charge in [-0.3, -0.25) is 4.79 Å². The van der Waals surface area contributed by atoms with Crippen LogP contribution in [0, 0.1) is 5.92 Å². The lowest BCUT2D eigenvalue weighted by molar-refractivity contribution is 0.0740. The van der Waals surface area contributed by atoms with Gasteiger partial charge in [-0.15, -0.1) is 0 Å². The van der Waals surface area contributed by atoms with Gasteiger partial charge in [-0.1, -0.05) is 36.2 Å². The van der Waals surface area contributed by atoms with Gasteiger partial charge in [-0.25, -0.2) is 0 Å². The third-order valence-corrected chi connectivity index (χ3v) is 4.21. The van der Waals surface area contributed by atoms with Gasteiger partial charge in [-0.2, -0.15) is 0 Å². The average molecular weight is 377 g/mol. The molecule has 0 radical (unpaired) electrons. The van der Waals surface area contributed by atoms with Crippen LogP contribution in [-0.4, -0.2) is 23.9 Å². The van der Waals surface area contributed by atoms with Crippen molar-refractivity contribution in [3.63, 3.8) is 0 Å². The van der Waals surface area contributed by atoms with Crippen molar-refractivity contribution in [3.8, 4) is 0 Å². The minimum absolute atomic E-state index is 0.0946. The molecule has 0 fully saturated rings. The predicted octanol–water partition coefficient (Wildman–Crippen LogP) is 4.72. The summed E-state index contributed by atoms with van der Waals surface area (Å²) in [5, 5.41) is 0. The second-order valence-corrected chi connectivity index (χ2v) is 6.25. The van der Waals surface area contributed by atoms with Crippen molar-refractivity contribution >= 4 is 37.8 Å². The number of nitrogens with zero attached hydrogens (tertiary/aromatic N) is 1. The smallest absolute Gasteiger partial charge is 0.254 e. The molecule has 100 valence electrons. The largest absolute Gasteiger partial charge is 0.339 e. The first kappa shape index (κ1) is 15.7. The van der Waals surface area contributed by atoms with E-state index in [0.29, 0.717) is 5.92 Å². The topological polar surface area (TPSA) is 20.3 Å². The van der Waals surface area contributed by atoms with E-state index < -0.39 is 0 Å². The molecule has 0 aromatic heterocycles. The van der Waals surface area contributed by atoms with Crippen molar-refractivity contribution in [2.45, 2.75) is 27.2 Å². The van der Waals surface area contributed by atoms with E-state index >= 15 is 0 Å². The van der Waals surface area contributed by atoms with E-state index in [-0.39, 0.29) is 5.91 Å². The van der Waals surface area contributed by atoms with Gasteiger partial charge in [0.15, 0.2) is 0 Å². The minimum Gasteiger partial charge on any atom is -0.339 e. The molecule has 0 aliphatic carbocycles. The first-order valence-corrected chi connectivity index (χ1v) is 7.82. The first-order valence-electron chi connectivity index (χ1n) is 6.23. The van der Waals surface area contributed by atoms with Crippen LogP contribution in [0.5, 0.6) is 0 Å². The molecule has 0 saturated heterocycles. The van der Waals surface area contributed by atoms with Gasteiger partial charge in [0, 0.05) is 22.0 Å². The second kappa shape index (κ2) is 7.29. The molecule has 0 aliphatic heterocycles. The molecule has 1 amide bonds. The molecular weight excluding hydrogens is 358 g/mol. The normalized spacial score (nSPS) is 12.3. The lowest BCUT2D eigenvalue weighted by atomic mass is 10.1. The van der Waals surface area contributed by atoms with E-state index in [4.69, 9.17) is 0 Å². The summed E-state index contributed by atoms with van der Waals surface area (Å²) in [7, 11) is 0. The summed E-state index contributed by atoms with van der Waals surface area (Å²) < 4.78 is 1.81. The highest BCUT2D eigenvalue weighted by atomic mass is 79.9. The molecule has 18 heavy (non-hydrogen) atoms. The molecule has 0 N–H and O–H groups in total. The fourth-order valence-corrected chi connectivity index (χ4v) is 2.91. The molecule has 4 heteroatoms. The Morgan fingerprint density at radius 3 is 2.50 bits per heavy atom. The Labute approximate surface area is 126 Å². The van der Waals surface area contributed by atoms with Crippen LogP contribution in [0.1, 0.15) is 37.6 Å². The van der Waals surface area contributed by atoms with Crippen molar-refractivity contribution in [2.24, 2.45) is 5.92 Å². The van der Waals surface area contributed by atoms with Crippen LogP contribution >= 0.6 is 31.9 Å². The maximum absolute atomic E-state index is 12.4. The number of benzene rings is 1. The maximum Gasteiger partial charge on any atom is 0.254 e. The van der Waals surface area contributed by atoms with Crippen LogP contribution in [0.25, 0.3) is 0 Å². The van der Waals surface area contributed by atoms with E-state index in [1.807, 2.05) is 30.0 Å². The van der Waals surface area contributed by atoms with E-state index in [2.05, 4.69) is 45.7 Å². The van der Waals surface area contributed by atoms with Gasteiger partial charge in [0.1, 0.15) is 0 Å². The number of hydrogen-bond acceptors (Lipinski definition) is 1. The Morgan fingerprint density at radius 2 is 2.00 bits per heavy atom. The monoisotopic (exact) mass is 375 g/mol. The summed E-state index contributed by atoms with van der Waals surface area (Å²) in [6, 6.07) is 5.66. The fourth-order valence-electron chi connectivity index (χ4n) is 1.69. The number of hydrogen-bond donors (Lipinski definition) is 0. The number of carbonyl (C=O) groups is 1.